The first-order chi connectivity index (χ1) is 11.8. The Morgan fingerprint density at radius 2 is 2.04 bits per heavy atom. The van der Waals surface area contributed by atoms with E-state index < -0.39 is 21.9 Å². The predicted molar refractivity (Wildman–Crippen MR) is 90.3 cm³/mol. The van der Waals surface area contributed by atoms with E-state index in [-0.39, 0.29) is 15.5 Å². The lowest BCUT2D eigenvalue weighted by Gasteiger charge is -2.27. The number of hydrogen-bond acceptors (Lipinski definition) is 5. The highest BCUT2D eigenvalue weighted by molar-refractivity contribution is 7.89. The second-order valence-electron chi connectivity index (χ2n) is 6.18. The fraction of sp³-hybridized carbons (Fsp3) is 0.500. The van der Waals surface area contributed by atoms with Crippen LogP contribution in [0.2, 0.25) is 5.02 Å². The Labute approximate surface area is 151 Å². The molecule has 0 aliphatic carbocycles. The van der Waals surface area contributed by atoms with E-state index in [1.165, 1.54) is 17.3 Å². The first kappa shape index (κ1) is 18.3. The van der Waals surface area contributed by atoms with Gasteiger partial charge in [-0.2, -0.15) is 9.29 Å². The van der Waals surface area contributed by atoms with Crippen molar-refractivity contribution in [1.29, 1.82) is 0 Å². The maximum absolute atomic E-state index is 13.7. The van der Waals surface area contributed by atoms with Gasteiger partial charge in [0.2, 0.25) is 15.9 Å². The summed E-state index contributed by atoms with van der Waals surface area (Å²) in [5.41, 5.74) is 0.227. The lowest BCUT2D eigenvalue weighted by atomic mass is 10.1. The molecule has 136 valence electrons. The zero-order valence-electron chi connectivity index (χ0n) is 14.0. The molecular formula is C16H19ClFN3O3S. The third-order valence-electron chi connectivity index (χ3n) is 4.34. The Bertz CT molecular complexity index is 885. The van der Waals surface area contributed by atoms with Crippen LogP contribution in [0.5, 0.6) is 0 Å². The van der Waals surface area contributed by atoms with Crippen molar-refractivity contribution in [2.24, 2.45) is 0 Å². The van der Waals surface area contributed by atoms with Crippen molar-refractivity contribution in [3.63, 3.8) is 0 Å². The van der Waals surface area contributed by atoms with Gasteiger partial charge in [-0.3, -0.25) is 0 Å². The van der Waals surface area contributed by atoms with Crippen LogP contribution >= 0.6 is 11.6 Å². The van der Waals surface area contributed by atoms with Gasteiger partial charge in [-0.25, -0.2) is 12.8 Å². The van der Waals surface area contributed by atoms with Crippen LogP contribution in [0.15, 0.2) is 21.6 Å². The molecule has 1 aromatic heterocycles. The molecule has 1 atom stereocenters. The molecule has 2 heterocycles. The number of rotatable bonds is 3. The van der Waals surface area contributed by atoms with E-state index in [2.05, 4.69) is 10.1 Å². The van der Waals surface area contributed by atoms with Gasteiger partial charge in [0, 0.05) is 13.5 Å². The van der Waals surface area contributed by atoms with Gasteiger partial charge in [0.1, 0.15) is 10.7 Å². The van der Waals surface area contributed by atoms with Gasteiger partial charge in [0.25, 0.3) is 0 Å². The molecule has 0 radical (unpaired) electrons. The Morgan fingerprint density at radius 1 is 1.28 bits per heavy atom. The maximum Gasteiger partial charge on any atom is 0.245 e. The smallest absolute Gasteiger partial charge is 0.245 e. The van der Waals surface area contributed by atoms with Gasteiger partial charge in [0.05, 0.1) is 11.1 Å². The predicted octanol–water partition coefficient (Wildman–Crippen LogP) is 3.78. The number of halogens is 2. The van der Waals surface area contributed by atoms with Crippen LogP contribution in [0, 0.1) is 19.7 Å². The normalized spacial score (nSPS) is 19.8. The summed E-state index contributed by atoms with van der Waals surface area (Å²) in [7, 11) is -3.93. The Balaban J connectivity index is 2.07. The van der Waals surface area contributed by atoms with Gasteiger partial charge in [-0.1, -0.05) is 29.6 Å². The van der Waals surface area contributed by atoms with E-state index in [9.17, 15) is 12.8 Å². The highest BCUT2D eigenvalue weighted by atomic mass is 35.5. The van der Waals surface area contributed by atoms with Gasteiger partial charge in [-0.15, -0.1) is 0 Å². The topological polar surface area (TPSA) is 76.3 Å². The summed E-state index contributed by atoms with van der Waals surface area (Å²) in [6.07, 6.45) is 3.09. The molecule has 9 heteroatoms. The molecule has 1 unspecified atom stereocenters. The molecule has 25 heavy (non-hydrogen) atoms. The summed E-state index contributed by atoms with van der Waals surface area (Å²) >= 11 is 6.05. The maximum atomic E-state index is 13.7. The van der Waals surface area contributed by atoms with E-state index in [0.29, 0.717) is 24.7 Å². The van der Waals surface area contributed by atoms with Crippen LogP contribution in [0.4, 0.5) is 4.39 Å². The molecule has 0 saturated carbocycles. The van der Waals surface area contributed by atoms with E-state index >= 15 is 0 Å². The monoisotopic (exact) mass is 387 g/mol. The van der Waals surface area contributed by atoms with Crippen molar-refractivity contribution in [2.45, 2.75) is 50.5 Å². The fourth-order valence-electron chi connectivity index (χ4n) is 3.03. The summed E-state index contributed by atoms with van der Waals surface area (Å²) < 4.78 is 46.6. The molecule has 2 aromatic rings. The molecule has 1 aliphatic rings. The number of aryl methyl sites for hydroxylation is 2. The van der Waals surface area contributed by atoms with Crippen molar-refractivity contribution in [3.8, 4) is 0 Å². The van der Waals surface area contributed by atoms with Gasteiger partial charge in [0.15, 0.2) is 5.82 Å². The molecule has 0 N–H and O–H groups in total. The van der Waals surface area contributed by atoms with Crippen molar-refractivity contribution < 1.29 is 17.3 Å². The number of hydrogen-bond donors (Lipinski definition) is 0. The summed E-state index contributed by atoms with van der Waals surface area (Å²) in [4.78, 5) is 4.11. The van der Waals surface area contributed by atoms with Crippen LogP contribution in [-0.2, 0) is 10.0 Å². The summed E-state index contributed by atoms with van der Waals surface area (Å²) in [6, 6.07) is 1.79. The van der Waals surface area contributed by atoms with E-state index in [0.717, 1.165) is 25.3 Å². The van der Waals surface area contributed by atoms with E-state index in [1.54, 1.807) is 6.92 Å². The van der Waals surface area contributed by atoms with Gasteiger partial charge >= 0.3 is 0 Å². The first-order valence-electron chi connectivity index (χ1n) is 8.08. The van der Waals surface area contributed by atoms with Crippen LogP contribution in [0.3, 0.4) is 0 Å². The summed E-state index contributed by atoms with van der Waals surface area (Å²) in [5.74, 6) is 0.190. The second kappa shape index (κ2) is 7.01. The lowest BCUT2D eigenvalue weighted by molar-refractivity contribution is 0.302. The van der Waals surface area contributed by atoms with Crippen LogP contribution in [-0.4, -0.2) is 29.4 Å². The number of nitrogens with zero attached hydrogens (tertiary/aromatic N) is 3. The quantitative estimate of drug-likeness (QED) is 0.800. The van der Waals surface area contributed by atoms with E-state index in [1.807, 2.05) is 0 Å². The minimum absolute atomic E-state index is 0.0971. The van der Waals surface area contributed by atoms with Crippen LogP contribution in [0.25, 0.3) is 0 Å². The molecule has 6 nitrogen and oxygen atoms in total. The summed E-state index contributed by atoms with van der Waals surface area (Å²) in [5, 5.41) is 3.78. The van der Waals surface area contributed by atoms with Crippen LogP contribution < -0.4 is 0 Å². The summed E-state index contributed by atoms with van der Waals surface area (Å²) in [6.45, 7) is 3.49. The molecule has 1 aliphatic heterocycles. The number of benzene rings is 1. The molecule has 0 amide bonds. The van der Waals surface area contributed by atoms with Crippen molar-refractivity contribution in [2.75, 3.05) is 6.54 Å². The van der Waals surface area contributed by atoms with Crippen LogP contribution in [0.1, 0.15) is 49.0 Å². The standard InChI is InChI=1S/C16H19ClFN3O3S/c1-10-8-15(12(17)9-13(10)18)25(22,23)21-7-5-3-4-6-14(21)16-19-11(2)24-20-16/h8-9,14H,3-7H2,1-2H3. The van der Waals surface area contributed by atoms with Gasteiger partial charge in [-0.05, 0) is 37.5 Å². The molecule has 1 aromatic carbocycles. The Hall–Kier alpha value is -1.51. The van der Waals surface area contributed by atoms with Crippen molar-refractivity contribution >= 4 is 21.6 Å². The minimum Gasteiger partial charge on any atom is -0.340 e. The highest BCUT2D eigenvalue weighted by Gasteiger charge is 2.37. The molecule has 0 spiro atoms. The average Bonchev–Trinajstić information content (AvgIpc) is 2.83. The number of aromatic nitrogens is 2. The Morgan fingerprint density at radius 3 is 2.72 bits per heavy atom. The Kier molecular flexibility index (Phi) is 5.13. The fourth-order valence-corrected chi connectivity index (χ4v) is 5.26. The zero-order chi connectivity index (χ0) is 18.2. The minimum atomic E-state index is -3.93. The molecule has 3 rings (SSSR count). The van der Waals surface area contributed by atoms with E-state index in [4.69, 9.17) is 16.1 Å². The van der Waals surface area contributed by atoms with Gasteiger partial charge < -0.3 is 4.52 Å². The largest absolute Gasteiger partial charge is 0.340 e. The van der Waals surface area contributed by atoms with Crippen molar-refractivity contribution in [3.05, 3.63) is 40.3 Å². The highest BCUT2D eigenvalue weighted by Crippen LogP contribution is 2.36. The SMILES string of the molecule is Cc1nc(C2CCCCCN2S(=O)(=O)c2cc(C)c(F)cc2Cl)no1. The average molecular weight is 388 g/mol. The lowest BCUT2D eigenvalue weighted by Crippen LogP contribution is -2.35. The second-order valence-corrected chi connectivity index (χ2v) is 8.45. The first-order valence-corrected chi connectivity index (χ1v) is 9.90. The molecular weight excluding hydrogens is 369 g/mol. The molecule has 0 bridgehead atoms. The molecule has 1 fully saturated rings. The zero-order valence-corrected chi connectivity index (χ0v) is 15.6. The number of sulfonamides is 1. The molecule has 1 saturated heterocycles. The third kappa shape index (κ3) is 3.56. The van der Waals surface area contributed by atoms with Crippen molar-refractivity contribution in [1.82, 2.24) is 14.4 Å². The third-order valence-corrected chi connectivity index (χ3v) is 6.72.